The standard InChI is InChI=1S/2C4H8O.2FH.Zr/c2*1-2-4-5-3-1;;;/h2*1-4H2;2*1H;/q;;;;+2/p-2. The normalized spacial score (nSPS) is 18.5. The average molecular weight is 273 g/mol. The quantitative estimate of drug-likeness (QED) is 0.444. The van der Waals surface area contributed by atoms with E-state index in [2.05, 4.69) is 0 Å². The van der Waals surface area contributed by atoms with E-state index in [0.717, 1.165) is 26.4 Å². The van der Waals surface area contributed by atoms with Crippen LogP contribution in [0.1, 0.15) is 25.7 Å². The number of hydrogen-bond donors (Lipinski definition) is 0. The fourth-order valence-electron chi connectivity index (χ4n) is 1.02. The van der Waals surface area contributed by atoms with Gasteiger partial charge in [-0.25, -0.2) is 0 Å². The molecule has 0 aromatic rings. The molecule has 0 amide bonds. The summed E-state index contributed by atoms with van der Waals surface area (Å²) in [7, 11) is 0. The van der Waals surface area contributed by atoms with Gasteiger partial charge in [0.2, 0.25) is 0 Å². The Morgan fingerprint density at radius 1 is 0.538 bits per heavy atom. The Morgan fingerprint density at radius 3 is 0.846 bits per heavy atom. The van der Waals surface area contributed by atoms with Crippen LogP contribution in [0.3, 0.4) is 0 Å². The molecular weight excluding hydrogens is 257 g/mol. The molecule has 2 aliphatic heterocycles. The molecule has 0 bridgehead atoms. The number of rotatable bonds is 0. The largest absolute Gasteiger partial charge is 2.00 e. The first-order valence-electron chi connectivity index (χ1n) is 4.15. The summed E-state index contributed by atoms with van der Waals surface area (Å²) in [6, 6.07) is 0. The molecule has 0 atom stereocenters. The third-order valence-corrected chi connectivity index (χ3v) is 1.65. The molecule has 2 heterocycles. The van der Waals surface area contributed by atoms with Crippen LogP contribution in [0.4, 0.5) is 0 Å². The molecule has 0 N–H and O–H groups in total. The molecule has 13 heavy (non-hydrogen) atoms. The van der Waals surface area contributed by atoms with Crippen molar-refractivity contribution >= 4 is 0 Å². The summed E-state index contributed by atoms with van der Waals surface area (Å²) in [6.07, 6.45) is 5.11. The fraction of sp³-hybridized carbons (Fsp3) is 1.00. The molecule has 0 spiro atoms. The minimum atomic E-state index is 0. The van der Waals surface area contributed by atoms with Crippen molar-refractivity contribution < 1.29 is 45.1 Å². The fourth-order valence-corrected chi connectivity index (χ4v) is 1.02. The second kappa shape index (κ2) is 15.1. The van der Waals surface area contributed by atoms with Gasteiger partial charge in [0.15, 0.2) is 0 Å². The van der Waals surface area contributed by atoms with Crippen LogP contribution in [0.15, 0.2) is 0 Å². The van der Waals surface area contributed by atoms with Crippen molar-refractivity contribution in [1.82, 2.24) is 0 Å². The summed E-state index contributed by atoms with van der Waals surface area (Å²) in [5.74, 6) is 0. The van der Waals surface area contributed by atoms with E-state index in [1.807, 2.05) is 0 Å². The van der Waals surface area contributed by atoms with E-state index in [4.69, 9.17) is 9.47 Å². The van der Waals surface area contributed by atoms with Gasteiger partial charge in [0.05, 0.1) is 0 Å². The Balaban J connectivity index is -0.000000125. The summed E-state index contributed by atoms with van der Waals surface area (Å²) >= 11 is 0. The van der Waals surface area contributed by atoms with Crippen molar-refractivity contribution in [3.63, 3.8) is 0 Å². The van der Waals surface area contributed by atoms with E-state index >= 15 is 0 Å². The molecule has 0 aromatic carbocycles. The number of hydrogen-bond acceptors (Lipinski definition) is 2. The van der Waals surface area contributed by atoms with E-state index in [-0.39, 0.29) is 35.6 Å². The van der Waals surface area contributed by atoms with Crippen LogP contribution < -0.4 is 9.41 Å². The molecule has 0 saturated carbocycles. The van der Waals surface area contributed by atoms with Gasteiger partial charge in [0.25, 0.3) is 0 Å². The Hall–Kier alpha value is 0.663. The SMILES string of the molecule is C1CCOC1.C1CCOC1.[F-].[F-].[Zr+2]. The van der Waals surface area contributed by atoms with Crippen molar-refractivity contribution in [2.24, 2.45) is 0 Å². The Bertz CT molecular complexity index is 53.3. The van der Waals surface area contributed by atoms with Crippen LogP contribution >= 0.6 is 0 Å². The summed E-state index contributed by atoms with van der Waals surface area (Å²) in [4.78, 5) is 0. The van der Waals surface area contributed by atoms with Crippen LogP contribution in [0.2, 0.25) is 0 Å². The van der Waals surface area contributed by atoms with Gasteiger partial charge in [-0.15, -0.1) is 0 Å². The van der Waals surface area contributed by atoms with Gasteiger partial charge < -0.3 is 18.9 Å². The molecule has 2 nitrogen and oxygen atoms in total. The van der Waals surface area contributed by atoms with E-state index in [9.17, 15) is 0 Å². The van der Waals surface area contributed by atoms with E-state index in [1.54, 1.807) is 0 Å². The van der Waals surface area contributed by atoms with Crippen LogP contribution in [0.25, 0.3) is 0 Å². The van der Waals surface area contributed by atoms with Gasteiger partial charge in [0, 0.05) is 26.4 Å². The van der Waals surface area contributed by atoms with E-state index < -0.39 is 0 Å². The van der Waals surface area contributed by atoms with Gasteiger partial charge in [-0.05, 0) is 25.7 Å². The molecule has 0 radical (unpaired) electrons. The first-order chi connectivity index (χ1) is 5.00. The average Bonchev–Trinajstić information content (AvgIpc) is 2.67. The van der Waals surface area contributed by atoms with Crippen LogP contribution in [0, 0.1) is 0 Å². The van der Waals surface area contributed by atoms with Crippen molar-refractivity contribution in [2.45, 2.75) is 25.7 Å². The summed E-state index contributed by atoms with van der Waals surface area (Å²) in [6.45, 7) is 4.00. The monoisotopic (exact) mass is 272 g/mol. The molecule has 2 saturated heterocycles. The number of halogens is 2. The Kier molecular flexibility index (Phi) is 22.5. The van der Waals surface area contributed by atoms with Crippen molar-refractivity contribution in [1.29, 1.82) is 0 Å². The first kappa shape index (κ1) is 19.3. The van der Waals surface area contributed by atoms with Gasteiger partial charge >= 0.3 is 26.2 Å². The zero-order valence-electron chi connectivity index (χ0n) is 7.73. The summed E-state index contributed by atoms with van der Waals surface area (Å²) < 4.78 is 9.89. The van der Waals surface area contributed by atoms with Crippen molar-refractivity contribution in [3.8, 4) is 0 Å². The Labute approximate surface area is 97.2 Å². The topological polar surface area (TPSA) is 18.5 Å². The molecule has 5 heteroatoms. The van der Waals surface area contributed by atoms with E-state index in [0.29, 0.717) is 0 Å². The smallest absolute Gasteiger partial charge is 1.00 e. The first-order valence-corrected chi connectivity index (χ1v) is 4.15. The molecule has 78 valence electrons. The van der Waals surface area contributed by atoms with Crippen LogP contribution in [0.5, 0.6) is 0 Å². The Morgan fingerprint density at radius 2 is 0.769 bits per heavy atom. The maximum atomic E-state index is 4.94. The predicted molar refractivity (Wildman–Crippen MR) is 40.1 cm³/mol. The number of ether oxygens (including phenoxy) is 2. The summed E-state index contributed by atoms with van der Waals surface area (Å²) in [5.41, 5.74) is 0. The van der Waals surface area contributed by atoms with Gasteiger partial charge in [-0.3, -0.25) is 0 Å². The van der Waals surface area contributed by atoms with Crippen LogP contribution in [-0.4, -0.2) is 26.4 Å². The summed E-state index contributed by atoms with van der Waals surface area (Å²) in [5, 5.41) is 0. The third kappa shape index (κ3) is 12.7. The minimum absolute atomic E-state index is 0. The molecular formula is C8H16F2O2Zr. The van der Waals surface area contributed by atoms with Crippen molar-refractivity contribution in [2.75, 3.05) is 26.4 Å². The molecule has 0 aromatic heterocycles. The minimum Gasteiger partial charge on any atom is -1.00 e. The maximum absolute atomic E-state index is 4.94. The van der Waals surface area contributed by atoms with Gasteiger partial charge in [-0.1, -0.05) is 0 Å². The molecule has 2 fully saturated rings. The van der Waals surface area contributed by atoms with Crippen LogP contribution in [-0.2, 0) is 35.7 Å². The second-order valence-corrected chi connectivity index (χ2v) is 2.64. The third-order valence-electron chi connectivity index (χ3n) is 1.65. The molecule has 0 aliphatic carbocycles. The molecule has 2 aliphatic rings. The van der Waals surface area contributed by atoms with Gasteiger partial charge in [-0.2, -0.15) is 0 Å². The second-order valence-electron chi connectivity index (χ2n) is 2.64. The van der Waals surface area contributed by atoms with Crippen molar-refractivity contribution in [3.05, 3.63) is 0 Å². The zero-order chi connectivity index (χ0) is 7.07. The predicted octanol–water partition coefficient (Wildman–Crippen LogP) is -4.40. The maximum Gasteiger partial charge on any atom is 2.00 e. The van der Waals surface area contributed by atoms with E-state index in [1.165, 1.54) is 25.7 Å². The molecule has 2 rings (SSSR count). The zero-order valence-corrected chi connectivity index (χ0v) is 10.2. The molecule has 0 unspecified atom stereocenters. The van der Waals surface area contributed by atoms with Gasteiger partial charge in [0.1, 0.15) is 0 Å².